The Kier molecular flexibility index (Phi) is 6.79. The highest BCUT2D eigenvalue weighted by atomic mass is 35.5. The predicted molar refractivity (Wildman–Crippen MR) is 124 cm³/mol. The minimum absolute atomic E-state index is 0. The fourth-order valence-electron chi connectivity index (χ4n) is 5.26. The summed E-state index contributed by atoms with van der Waals surface area (Å²) >= 11 is 0. The smallest absolute Gasteiger partial charge is 0.416 e. The van der Waals surface area contributed by atoms with Crippen LogP contribution in [0.5, 0.6) is 0 Å². The predicted octanol–water partition coefficient (Wildman–Crippen LogP) is 5.42. The second kappa shape index (κ2) is 9.34. The van der Waals surface area contributed by atoms with Crippen LogP contribution in [0.15, 0.2) is 35.1 Å². The maximum Gasteiger partial charge on any atom is 0.416 e. The Hall–Kier alpha value is -2.39. The zero-order valence-electron chi connectivity index (χ0n) is 19.3. The van der Waals surface area contributed by atoms with Crippen LogP contribution in [0.25, 0.3) is 11.6 Å². The lowest BCUT2D eigenvalue weighted by Crippen LogP contribution is -2.22. The van der Waals surface area contributed by atoms with Gasteiger partial charge in [-0.25, -0.2) is 4.98 Å². The molecule has 6 nitrogen and oxygen atoms in total. The van der Waals surface area contributed by atoms with Gasteiger partial charge in [0.05, 0.1) is 11.3 Å². The molecule has 34 heavy (non-hydrogen) atoms. The Labute approximate surface area is 203 Å². The van der Waals surface area contributed by atoms with Gasteiger partial charge in [-0.15, -0.1) is 22.6 Å². The largest absolute Gasteiger partial charge is 0.440 e. The molecule has 1 aliphatic carbocycles. The van der Waals surface area contributed by atoms with Crippen LogP contribution in [0.1, 0.15) is 54.2 Å². The first kappa shape index (κ1) is 24.7. The van der Waals surface area contributed by atoms with E-state index in [0.29, 0.717) is 17.5 Å². The number of benzene rings is 1. The quantitative estimate of drug-likeness (QED) is 0.409. The molecule has 184 valence electrons. The molecule has 2 unspecified atom stereocenters. The molecule has 10 heteroatoms. The van der Waals surface area contributed by atoms with E-state index in [2.05, 4.69) is 20.1 Å². The number of hydrogen-bond acceptors (Lipinski definition) is 5. The molecule has 0 N–H and O–H groups in total. The van der Waals surface area contributed by atoms with Crippen molar-refractivity contribution in [1.29, 1.82) is 0 Å². The van der Waals surface area contributed by atoms with Gasteiger partial charge >= 0.3 is 6.18 Å². The molecule has 0 amide bonds. The van der Waals surface area contributed by atoms with Gasteiger partial charge in [0.2, 0.25) is 5.82 Å². The van der Waals surface area contributed by atoms with Crippen molar-refractivity contribution in [3.8, 4) is 11.6 Å². The average molecular weight is 496 g/mol. The van der Waals surface area contributed by atoms with Crippen molar-refractivity contribution in [2.45, 2.75) is 51.1 Å². The van der Waals surface area contributed by atoms with E-state index in [9.17, 15) is 13.2 Å². The molecule has 2 aromatic heterocycles. The normalized spacial score (nSPS) is 22.3. The zero-order chi connectivity index (χ0) is 23.2. The van der Waals surface area contributed by atoms with Gasteiger partial charge in [-0.05, 0) is 74.7 Å². The van der Waals surface area contributed by atoms with E-state index in [1.807, 2.05) is 18.5 Å². The third-order valence-corrected chi connectivity index (χ3v) is 7.33. The Morgan fingerprint density at radius 2 is 1.91 bits per heavy atom. The number of aromatic nitrogens is 4. The first-order chi connectivity index (χ1) is 15.8. The summed E-state index contributed by atoms with van der Waals surface area (Å²) < 4.78 is 45.9. The number of halogens is 4. The van der Waals surface area contributed by atoms with E-state index in [-0.39, 0.29) is 17.8 Å². The van der Waals surface area contributed by atoms with Gasteiger partial charge in [-0.2, -0.15) is 13.2 Å². The van der Waals surface area contributed by atoms with Crippen molar-refractivity contribution in [3.63, 3.8) is 0 Å². The first-order valence-corrected chi connectivity index (χ1v) is 11.5. The van der Waals surface area contributed by atoms with Crippen molar-refractivity contribution < 1.29 is 17.6 Å². The van der Waals surface area contributed by atoms with Crippen LogP contribution in [0.3, 0.4) is 0 Å². The maximum atomic E-state index is 12.8. The van der Waals surface area contributed by atoms with E-state index in [0.717, 1.165) is 68.8 Å². The molecule has 3 heterocycles. The molecule has 2 fully saturated rings. The summed E-state index contributed by atoms with van der Waals surface area (Å²) in [6.45, 7) is 5.03. The van der Waals surface area contributed by atoms with Crippen LogP contribution < -0.4 is 0 Å². The summed E-state index contributed by atoms with van der Waals surface area (Å²) in [5.74, 6) is 2.68. The van der Waals surface area contributed by atoms with Crippen LogP contribution in [-0.4, -0.2) is 44.3 Å². The molecular weight excluding hydrogens is 467 g/mol. The van der Waals surface area contributed by atoms with E-state index in [4.69, 9.17) is 4.42 Å². The third-order valence-electron chi connectivity index (χ3n) is 7.33. The zero-order valence-corrected chi connectivity index (χ0v) is 20.1. The summed E-state index contributed by atoms with van der Waals surface area (Å²) in [5.41, 5.74) is 1.53. The number of alkyl halides is 3. The van der Waals surface area contributed by atoms with Gasteiger partial charge in [0.25, 0.3) is 0 Å². The molecule has 0 bridgehead atoms. The third kappa shape index (κ3) is 4.73. The highest BCUT2D eigenvalue weighted by molar-refractivity contribution is 5.85. The van der Waals surface area contributed by atoms with E-state index < -0.39 is 11.7 Å². The fraction of sp³-hybridized carbons (Fsp3) is 0.542. The SMILES string of the molecule is Cc1ncoc1-c1nnc(CCCCN2CCC3(CC3c3ccc(C(F)(F)F)cc3)C2)n1C.Cl. The lowest BCUT2D eigenvalue weighted by atomic mass is 9.97. The average Bonchev–Trinajstić information content (AvgIpc) is 3.05. The minimum atomic E-state index is -4.27. The number of nitrogens with zero attached hydrogens (tertiary/aromatic N) is 5. The van der Waals surface area contributed by atoms with Gasteiger partial charge in [0, 0.05) is 20.0 Å². The van der Waals surface area contributed by atoms with Gasteiger partial charge in [-0.1, -0.05) is 12.1 Å². The molecule has 3 aromatic rings. The van der Waals surface area contributed by atoms with Crippen molar-refractivity contribution in [2.75, 3.05) is 19.6 Å². The molecule has 1 aromatic carbocycles. The fourth-order valence-corrected chi connectivity index (χ4v) is 5.26. The van der Waals surface area contributed by atoms with Crippen molar-refractivity contribution >= 4 is 12.4 Å². The number of rotatable bonds is 7. The molecule has 2 atom stereocenters. The number of oxazole rings is 1. The van der Waals surface area contributed by atoms with Crippen LogP contribution in [-0.2, 0) is 19.6 Å². The standard InChI is InChI=1S/C24H28F3N5O.ClH/c1-16-21(33-15-28-16)22-30-29-20(31(22)2)5-3-4-11-32-12-10-23(14-32)13-19(23)17-6-8-18(9-7-17)24(25,26)27;/h6-9,15,19H,3-5,10-14H2,1-2H3;1H. The Balaban J connectivity index is 0.00000274. The molecule has 2 aliphatic rings. The molecule has 1 spiro atoms. The van der Waals surface area contributed by atoms with Gasteiger partial charge < -0.3 is 13.9 Å². The Bertz CT molecular complexity index is 1130. The lowest BCUT2D eigenvalue weighted by molar-refractivity contribution is -0.137. The molecular formula is C24H29ClF3N5O. The summed E-state index contributed by atoms with van der Waals surface area (Å²) in [6.07, 6.45) is 2.30. The molecule has 5 rings (SSSR count). The molecule has 1 aliphatic heterocycles. The first-order valence-electron chi connectivity index (χ1n) is 11.5. The summed E-state index contributed by atoms with van der Waals surface area (Å²) in [7, 11) is 1.95. The second-order valence-corrected chi connectivity index (χ2v) is 9.49. The summed E-state index contributed by atoms with van der Waals surface area (Å²) in [4.78, 5) is 6.62. The van der Waals surface area contributed by atoms with Crippen LogP contribution in [0, 0.1) is 12.3 Å². The Morgan fingerprint density at radius 3 is 2.59 bits per heavy atom. The minimum Gasteiger partial charge on any atom is -0.440 e. The second-order valence-electron chi connectivity index (χ2n) is 9.49. The van der Waals surface area contributed by atoms with Crippen molar-refractivity contribution in [1.82, 2.24) is 24.6 Å². The maximum absolute atomic E-state index is 12.8. The van der Waals surface area contributed by atoms with Gasteiger partial charge in [-0.3, -0.25) is 0 Å². The van der Waals surface area contributed by atoms with Crippen LogP contribution >= 0.6 is 12.4 Å². The molecule has 1 saturated heterocycles. The van der Waals surface area contributed by atoms with Gasteiger partial charge in [0.1, 0.15) is 5.82 Å². The summed E-state index contributed by atoms with van der Waals surface area (Å²) in [6, 6.07) is 5.77. The van der Waals surface area contributed by atoms with Crippen LogP contribution in [0.4, 0.5) is 13.2 Å². The number of hydrogen-bond donors (Lipinski definition) is 0. The number of likely N-dealkylation sites (tertiary alicyclic amines) is 1. The van der Waals surface area contributed by atoms with Crippen molar-refractivity contribution in [2.24, 2.45) is 12.5 Å². The molecule has 0 radical (unpaired) electrons. The van der Waals surface area contributed by atoms with Gasteiger partial charge in [0.15, 0.2) is 12.2 Å². The topological polar surface area (TPSA) is 60.0 Å². The number of unbranched alkanes of at least 4 members (excludes halogenated alkanes) is 1. The van der Waals surface area contributed by atoms with Crippen LogP contribution in [0.2, 0.25) is 0 Å². The lowest BCUT2D eigenvalue weighted by Gasteiger charge is -2.16. The summed E-state index contributed by atoms with van der Waals surface area (Å²) in [5, 5.41) is 8.59. The molecule has 1 saturated carbocycles. The van der Waals surface area contributed by atoms with E-state index in [1.54, 1.807) is 12.1 Å². The monoisotopic (exact) mass is 495 g/mol. The van der Waals surface area contributed by atoms with E-state index in [1.165, 1.54) is 18.5 Å². The van der Waals surface area contributed by atoms with Crippen molar-refractivity contribution in [3.05, 3.63) is 53.3 Å². The highest BCUT2D eigenvalue weighted by Gasteiger charge is 2.57. The van der Waals surface area contributed by atoms with E-state index >= 15 is 0 Å². The highest BCUT2D eigenvalue weighted by Crippen LogP contribution is 2.64. The Morgan fingerprint density at radius 1 is 1.15 bits per heavy atom. The number of aryl methyl sites for hydroxylation is 2.